The molecule has 0 amide bonds. The Bertz CT molecular complexity index is 1750. The number of benzene rings is 4. The Morgan fingerprint density at radius 2 is 1.67 bits per heavy atom. The van der Waals surface area contributed by atoms with Gasteiger partial charge in [0.2, 0.25) is 10.0 Å². The van der Waals surface area contributed by atoms with Crippen molar-refractivity contribution < 1.29 is 27.6 Å². The highest BCUT2D eigenvalue weighted by Gasteiger charge is 2.30. The zero-order chi connectivity index (χ0) is 27.6. The van der Waals surface area contributed by atoms with E-state index in [1.54, 1.807) is 43.3 Å². The van der Waals surface area contributed by atoms with Gasteiger partial charge in [-0.25, -0.2) is 8.42 Å². The lowest BCUT2D eigenvalue weighted by atomic mass is 10.1. The summed E-state index contributed by atoms with van der Waals surface area (Å²) in [4.78, 5) is 10.5. The number of rotatable bonds is 10. The first-order valence-electron chi connectivity index (χ1n) is 12.2. The van der Waals surface area contributed by atoms with Gasteiger partial charge in [0.1, 0.15) is 29.6 Å². The molecule has 0 radical (unpaired) electrons. The van der Waals surface area contributed by atoms with Gasteiger partial charge in [0.05, 0.1) is 9.82 Å². The van der Waals surface area contributed by atoms with Crippen LogP contribution in [0.15, 0.2) is 100 Å². The van der Waals surface area contributed by atoms with Gasteiger partial charge in [0.15, 0.2) is 0 Å². The van der Waals surface area contributed by atoms with Crippen molar-refractivity contribution in [3.8, 4) is 5.75 Å². The van der Waals surface area contributed by atoms with Crippen LogP contribution in [0.2, 0.25) is 0 Å². The molecule has 0 saturated carbocycles. The second-order valence-electron chi connectivity index (χ2n) is 9.21. The molecule has 4 aromatic carbocycles. The zero-order valence-corrected chi connectivity index (χ0v) is 21.9. The molecule has 200 valence electrons. The van der Waals surface area contributed by atoms with Crippen LogP contribution in [0, 0.1) is 17.0 Å². The SMILES string of the molecule is Cc1ccc([N+](=O)[O-])cc1S(=O)(=O)N(Cc1ccccc1)C[C@@H](O)COc1ccc2oc3ccccc3c2c1. The number of sulfonamides is 1. The number of fused-ring (bicyclic) bond motifs is 3. The molecule has 0 aliphatic rings. The number of para-hydroxylation sites is 1. The Balaban J connectivity index is 1.38. The highest BCUT2D eigenvalue weighted by Crippen LogP contribution is 2.31. The molecule has 9 nitrogen and oxygen atoms in total. The second kappa shape index (κ2) is 10.9. The van der Waals surface area contributed by atoms with Gasteiger partial charge in [-0.3, -0.25) is 10.1 Å². The van der Waals surface area contributed by atoms with E-state index in [2.05, 4.69) is 0 Å². The third kappa shape index (κ3) is 5.63. The highest BCUT2D eigenvalue weighted by molar-refractivity contribution is 7.89. The summed E-state index contributed by atoms with van der Waals surface area (Å²) in [5.41, 5.74) is 2.20. The molecule has 10 heteroatoms. The average molecular weight is 547 g/mol. The minimum atomic E-state index is -4.21. The fourth-order valence-corrected chi connectivity index (χ4v) is 6.14. The van der Waals surface area contributed by atoms with Crippen LogP contribution < -0.4 is 4.74 Å². The molecule has 0 spiro atoms. The van der Waals surface area contributed by atoms with E-state index in [1.807, 2.05) is 36.4 Å². The molecule has 5 aromatic rings. The van der Waals surface area contributed by atoms with E-state index < -0.39 is 21.1 Å². The van der Waals surface area contributed by atoms with Gasteiger partial charge in [-0.05, 0) is 42.3 Å². The molecule has 1 heterocycles. The van der Waals surface area contributed by atoms with E-state index in [-0.39, 0.29) is 30.3 Å². The normalized spacial score (nSPS) is 12.7. The number of ether oxygens (including phenoxy) is 1. The molecular formula is C29H26N2O7S. The van der Waals surface area contributed by atoms with E-state index >= 15 is 0 Å². The van der Waals surface area contributed by atoms with Gasteiger partial charge in [-0.15, -0.1) is 0 Å². The van der Waals surface area contributed by atoms with Gasteiger partial charge < -0.3 is 14.3 Å². The summed E-state index contributed by atoms with van der Waals surface area (Å²) < 4.78 is 40.2. The van der Waals surface area contributed by atoms with Crippen LogP contribution in [0.1, 0.15) is 11.1 Å². The smallest absolute Gasteiger partial charge is 0.270 e. The lowest BCUT2D eigenvalue weighted by Gasteiger charge is -2.25. The number of hydrogen-bond donors (Lipinski definition) is 1. The second-order valence-corrected chi connectivity index (χ2v) is 11.1. The first-order chi connectivity index (χ1) is 18.7. The van der Waals surface area contributed by atoms with Crippen molar-refractivity contribution in [1.29, 1.82) is 0 Å². The summed E-state index contributed by atoms with van der Waals surface area (Å²) in [5.74, 6) is 0.500. The lowest BCUT2D eigenvalue weighted by Crippen LogP contribution is -2.39. The number of non-ortho nitro benzene ring substituents is 1. The molecule has 0 unspecified atom stereocenters. The summed E-state index contributed by atoms with van der Waals surface area (Å²) in [6.45, 7) is 1.09. The highest BCUT2D eigenvalue weighted by atomic mass is 32.2. The minimum absolute atomic E-state index is 0.0324. The van der Waals surface area contributed by atoms with E-state index in [4.69, 9.17) is 9.15 Å². The molecule has 0 saturated heterocycles. The van der Waals surface area contributed by atoms with Crippen LogP contribution in [0.5, 0.6) is 5.75 Å². The van der Waals surface area contributed by atoms with E-state index in [9.17, 15) is 23.6 Å². The standard InChI is InChI=1S/C29H26N2O7S/c1-20-11-12-22(31(33)34)15-29(20)39(35,36)30(17-21-7-3-2-4-8-21)18-23(32)19-37-24-13-14-28-26(16-24)25-9-5-6-10-27(25)38-28/h2-16,23,32H,17-19H2,1H3/t23-/m1/s1. The molecule has 0 bridgehead atoms. The summed E-state index contributed by atoms with van der Waals surface area (Å²) >= 11 is 0. The Morgan fingerprint density at radius 3 is 2.44 bits per heavy atom. The summed E-state index contributed by atoms with van der Waals surface area (Å²) in [5, 5.41) is 24.0. The van der Waals surface area contributed by atoms with Crippen LogP contribution in [0.25, 0.3) is 21.9 Å². The van der Waals surface area contributed by atoms with E-state index in [1.165, 1.54) is 12.1 Å². The molecule has 1 aromatic heterocycles. The molecule has 5 rings (SSSR count). The Morgan fingerprint density at radius 1 is 0.949 bits per heavy atom. The van der Waals surface area contributed by atoms with Gasteiger partial charge in [-0.2, -0.15) is 4.31 Å². The van der Waals surface area contributed by atoms with Gasteiger partial charge in [0.25, 0.3) is 5.69 Å². The van der Waals surface area contributed by atoms with Gasteiger partial charge in [0, 0.05) is 36.0 Å². The maximum absolute atomic E-state index is 13.7. The van der Waals surface area contributed by atoms with Crippen LogP contribution in [0.3, 0.4) is 0 Å². The third-order valence-corrected chi connectivity index (χ3v) is 8.36. The number of aliphatic hydroxyl groups excluding tert-OH is 1. The predicted molar refractivity (Wildman–Crippen MR) is 147 cm³/mol. The maximum atomic E-state index is 13.7. The predicted octanol–water partition coefficient (Wildman–Crippen LogP) is 5.43. The minimum Gasteiger partial charge on any atom is -0.491 e. The largest absolute Gasteiger partial charge is 0.491 e. The zero-order valence-electron chi connectivity index (χ0n) is 21.1. The maximum Gasteiger partial charge on any atom is 0.270 e. The molecule has 0 aliphatic heterocycles. The first kappa shape index (κ1) is 26.4. The van der Waals surface area contributed by atoms with Gasteiger partial charge in [-0.1, -0.05) is 54.6 Å². The first-order valence-corrected chi connectivity index (χ1v) is 13.7. The lowest BCUT2D eigenvalue weighted by molar-refractivity contribution is -0.385. The number of nitrogens with zero attached hydrogens (tertiary/aromatic N) is 2. The monoisotopic (exact) mass is 546 g/mol. The van der Waals surface area contributed by atoms with Crippen LogP contribution in [-0.4, -0.2) is 42.0 Å². The molecule has 0 fully saturated rings. The molecular weight excluding hydrogens is 520 g/mol. The number of nitro benzene ring substituents is 1. The summed E-state index contributed by atoms with van der Waals surface area (Å²) in [6, 6.07) is 25.6. The number of aryl methyl sites for hydroxylation is 1. The fourth-order valence-electron chi connectivity index (χ4n) is 4.43. The quantitative estimate of drug-likeness (QED) is 0.183. The van der Waals surface area contributed by atoms with Crippen molar-refractivity contribution in [2.24, 2.45) is 0 Å². The van der Waals surface area contributed by atoms with E-state index in [0.29, 0.717) is 22.5 Å². The Hall–Kier alpha value is -4.25. The number of furan rings is 1. The molecule has 1 atom stereocenters. The van der Waals surface area contributed by atoms with Crippen molar-refractivity contribution >= 4 is 37.6 Å². The fraction of sp³-hybridized carbons (Fsp3) is 0.172. The summed E-state index contributed by atoms with van der Waals surface area (Å²) in [7, 11) is -4.21. The number of aliphatic hydroxyl groups is 1. The Kier molecular flexibility index (Phi) is 7.34. The van der Waals surface area contributed by atoms with Crippen LogP contribution in [-0.2, 0) is 16.6 Å². The Labute approximate surface area is 225 Å². The van der Waals surface area contributed by atoms with Crippen LogP contribution >= 0.6 is 0 Å². The third-order valence-electron chi connectivity index (χ3n) is 6.41. The number of hydrogen-bond acceptors (Lipinski definition) is 7. The average Bonchev–Trinajstić information content (AvgIpc) is 3.30. The van der Waals surface area contributed by atoms with Crippen molar-refractivity contribution in [1.82, 2.24) is 4.31 Å². The van der Waals surface area contributed by atoms with Gasteiger partial charge >= 0.3 is 0 Å². The van der Waals surface area contributed by atoms with Crippen molar-refractivity contribution in [2.45, 2.75) is 24.5 Å². The van der Waals surface area contributed by atoms with Crippen molar-refractivity contribution in [2.75, 3.05) is 13.2 Å². The van der Waals surface area contributed by atoms with Crippen molar-refractivity contribution in [3.05, 3.63) is 112 Å². The van der Waals surface area contributed by atoms with E-state index in [0.717, 1.165) is 26.7 Å². The van der Waals surface area contributed by atoms with Crippen molar-refractivity contribution in [3.63, 3.8) is 0 Å². The number of nitro groups is 1. The molecule has 1 N–H and O–H groups in total. The summed E-state index contributed by atoms with van der Waals surface area (Å²) in [6.07, 6.45) is -1.18. The van der Waals surface area contributed by atoms with Crippen LogP contribution in [0.4, 0.5) is 5.69 Å². The molecule has 39 heavy (non-hydrogen) atoms. The topological polar surface area (TPSA) is 123 Å². The molecule has 0 aliphatic carbocycles.